The van der Waals surface area contributed by atoms with Crippen LogP contribution in [0.3, 0.4) is 0 Å². The van der Waals surface area contributed by atoms with Gasteiger partial charge in [-0.25, -0.2) is 22.6 Å². The van der Waals surface area contributed by atoms with E-state index in [-0.39, 0.29) is 34.2 Å². The molecule has 35 heavy (non-hydrogen) atoms. The number of benzene rings is 2. The summed E-state index contributed by atoms with van der Waals surface area (Å²) in [4.78, 5) is 27.1. The Morgan fingerprint density at radius 3 is 2.49 bits per heavy atom. The molecular formula is C23H25FN6O4S. The van der Waals surface area contributed by atoms with Crippen LogP contribution in [0.2, 0.25) is 0 Å². The Kier molecular flexibility index (Phi) is 6.94. The molecular weight excluding hydrogens is 475 g/mol. The predicted octanol–water partition coefficient (Wildman–Crippen LogP) is 2.72. The first kappa shape index (κ1) is 24.5. The summed E-state index contributed by atoms with van der Waals surface area (Å²) in [5, 5.41) is 5.15. The van der Waals surface area contributed by atoms with Crippen LogP contribution in [0.1, 0.15) is 6.92 Å². The number of hydrogen-bond donors (Lipinski definition) is 2. The Hall–Kier alpha value is -3.64. The van der Waals surface area contributed by atoms with Crippen LogP contribution in [0.5, 0.6) is 0 Å². The number of nitrogens with one attached hydrogen (secondary N) is 2. The lowest BCUT2D eigenvalue weighted by Crippen LogP contribution is -2.44. The molecule has 1 saturated heterocycles. The van der Waals surface area contributed by atoms with Crippen molar-refractivity contribution in [2.45, 2.75) is 17.9 Å². The van der Waals surface area contributed by atoms with Gasteiger partial charge in [0.05, 0.1) is 24.2 Å². The summed E-state index contributed by atoms with van der Waals surface area (Å²) < 4.78 is 44.6. The van der Waals surface area contributed by atoms with E-state index in [1.54, 1.807) is 24.3 Å². The Labute approximate surface area is 202 Å². The number of carbonyl (C=O) groups is 1. The van der Waals surface area contributed by atoms with Crippen LogP contribution in [-0.2, 0) is 14.6 Å². The van der Waals surface area contributed by atoms with Crippen LogP contribution in [0.4, 0.5) is 20.8 Å². The van der Waals surface area contributed by atoms with Gasteiger partial charge in [0.15, 0.2) is 21.5 Å². The third-order valence-electron chi connectivity index (χ3n) is 5.46. The molecule has 2 amide bonds. The van der Waals surface area contributed by atoms with E-state index in [2.05, 4.69) is 25.6 Å². The van der Waals surface area contributed by atoms with Crippen LogP contribution in [-0.4, -0.2) is 68.5 Å². The topological polar surface area (TPSA) is 126 Å². The van der Waals surface area contributed by atoms with Crippen molar-refractivity contribution in [2.75, 3.05) is 43.3 Å². The second kappa shape index (κ2) is 9.92. The van der Waals surface area contributed by atoms with Gasteiger partial charge in [-0.15, -0.1) is 0 Å². The van der Waals surface area contributed by atoms with Gasteiger partial charge in [0, 0.05) is 36.7 Å². The smallest absolute Gasteiger partial charge is 0.318 e. The zero-order valence-corrected chi connectivity index (χ0v) is 20.3. The number of rotatable bonds is 5. The van der Waals surface area contributed by atoms with Gasteiger partial charge in [-0.3, -0.25) is 0 Å². The van der Waals surface area contributed by atoms with Gasteiger partial charge in [-0.2, -0.15) is 9.97 Å². The number of anilines is 2. The maximum absolute atomic E-state index is 14.2. The average molecular weight is 501 g/mol. The summed E-state index contributed by atoms with van der Waals surface area (Å²) in [5.74, 6) is 0.0347. The fourth-order valence-corrected chi connectivity index (χ4v) is 4.53. The van der Waals surface area contributed by atoms with Gasteiger partial charge in [0.25, 0.3) is 0 Å². The molecule has 0 unspecified atom stereocenters. The molecule has 0 radical (unpaired) electrons. The first-order chi connectivity index (χ1) is 16.7. The second-order valence-electron chi connectivity index (χ2n) is 8.09. The number of halogens is 1. The van der Waals surface area contributed by atoms with Crippen molar-refractivity contribution in [1.29, 1.82) is 0 Å². The summed E-state index contributed by atoms with van der Waals surface area (Å²) in [6, 6.07) is 9.84. The van der Waals surface area contributed by atoms with E-state index in [9.17, 15) is 17.6 Å². The molecule has 2 heterocycles. The van der Waals surface area contributed by atoms with E-state index in [0.717, 1.165) is 18.4 Å². The zero-order chi connectivity index (χ0) is 25.2. The monoisotopic (exact) mass is 500 g/mol. The molecule has 0 aliphatic carbocycles. The largest absolute Gasteiger partial charge is 0.377 e. The van der Waals surface area contributed by atoms with Crippen LogP contribution in [0, 0.1) is 5.82 Å². The van der Waals surface area contributed by atoms with Crippen molar-refractivity contribution >= 4 is 27.5 Å². The number of morpholine rings is 1. The Morgan fingerprint density at radius 1 is 1.11 bits per heavy atom. The first-order valence-corrected chi connectivity index (χ1v) is 12.7. The second-order valence-corrected chi connectivity index (χ2v) is 10.1. The van der Waals surface area contributed by atoms with Crippen molar-refractivity contribution in [2.24, 2.45) is 0 Å². The summed E-state index contributed by atoms with van der Waals surface area (Å²) in [7, 11) is -2.18. The molecule has 12 heteroatoms. The molecule has 1 aromatic heterocycles. The van der Waals surface area contributed by atoms with Crippen LogP contribution in [0.15, 0.2) is 47.4 Å². The van der Waals surface area contributed by atoms with Gasteiger partial charge >= 0.3 is 6.03 Å². The highest BCUT2D eigenvalue weighted by atomic mass is 32.2. The van der Waals surface area contributed by atoms with E-state index in [0.29, 0.717) is 37.0 Å². The normalized spacial score (nSPS) is 16.1. The minimum Gasteiger partial charge on any atom is -0.377 e. The van der Waals surface area contributed by atoms with E-state index in [4.69, 9.17) is 4.74 Å². The number of urea groups is 1. The van der Waals surface area contributed by atoms with Gasteiger partial charge in [0.2, 0.25) is 5.95 Å². The number of aromatic nitrogens is 3. The fraction of sp³-hybridized carbons (Fsp3) is 0.304. The Morgan fingerprint density at radius 2 is 1.83 bits per heavy atom. The molecule has 0 bridgehead atoms. The summed E-state index contributed by atoms with van der Waals surface area (Å²) in [6.45, 7) is 3.45. The van der Waals surface area contributed by atoms with Crippen molar-refractivity contribution in [1.82, 2.24) is 20.3 Å². The van der Waals surface area contributed by atoms with E-state index >= 15 is 0 Å². The highest BCUT2D eigenvalue weighted by Gasteiger charge is 2.25. The maximum atomic E-state index is 14.2. The Balaban J connectivity index is 1.86. The summed E-state index contributed by atoms with van der Waals surface area (Å²) >= 11 is 0. The summed E-state index contributed by atoms with van der Waals surface area (Å²) in [5.41, 5.74) is 1.22. The number of hydrogen-bond acceptors (Lipinski definition) is 8. The molecule has 3 aromatic rings. The van der Waals surface area contributed by atoms with Gasteiger partial charge in [0.1, 0.15) is 5.82 Å². The van der Waals surface area contributed by atoms with Gasteiger partial charge in [-0.1, -0.05) is 0 Å². The van der Waals surface area contributed by atoms with Crippen molar-refractivity contribution in [3.05, 3.63) is 48.3 Å². The van der Waals surface area contributed by atoms with Crippen LogP contribution >= 0.6 is 0 Å². The fourth-order valence-electron chi connectivity index (χ4n) is 3.66. The molecule has 2 aromatic carbocycles. The lowest BCUT2D eigenvalue weighted by molar-refractivity contribution is 0.0981. The van der Waals surface area contributed by atoms with E-state index < -0.39 is 15.7 Å². The van der Waals surface area contributed by atoms with Crippen molar-refractivity contribution < 1.29 is 22.3 Å². The molecule has 1 aliphatic heterocycles. The predicted molar refractivity (Wildman–Crippen MR) is 129 cm³/mol. The van der Waals surface area contributed by atoms with E-state index in [1.807, 2.05) is 11.8 Å². The number of amides is 2. The molecule has 10 nitrogen and oxygen atoms in total. The number of ether oxygens (including phenoxy) is 1. The quantitative estimate of drug-likeness (QED) is 0.512. The highest BCUT2D eigenvalue weighted by Crippen LogP contribution is 2.30. The standard InChI is InChI=1S/C23H25FN6O4S/c1-14-13-34-11-10-30(14)22-28-20(15-4-7-17(8-5-15)26-23(31)25-2)27-21(29-22)18-12-16(24)6-9-19(18)35(3,32)33/h4-9,12,14H,10-11,13H2,1-3H3,(H2,25,26,31)/t14-/m0/s1. The molecule has 2 N–H and O–H groups in total. The maximum Gasteiger partial charge on any atom is 0.318 e. The Bertz CT molecular complexity index is 1350. The lowest BCUT2D eigenvalue weighted by atomic mass is 10.1. The zero-order valence-electron chi connectivity index (χ0n) is 19.4. The molecule has 4 rings (SSSR count). The molecule has 1 fully saturated rings. The van der Waals surface area contributed by atoms with E-state index in [1.165, 1.54) is 13.1 Å². The highest BCUT2D eigenvalue weighted by molar-refractivity contribution is 7.90. The molecule has 1 atom stereocenters. The minimum absolute atomic E-state index is 0.0344. The van der Waals surface area contributed by atoms with Crippen LogP contribution < -0.4 is 15.5 Å². The summed E-state index contributed by atoms with van der Waals surface area (Å²) in [6.07, 6.45) is 1.05. The number of nitrogens with zero attached hydrogens (tertiary/aromatic N) is 4. The SMILES string of the molecule is CNC(=O)Nc1ccc(-c2nc(-c3cc(F)ccc3S(C)(=O)=O)nc(N3CCOC[C@@H]3C)n2)cc1. The first-order valence-electron chi connectivity index (χ1n) is 10.9. The number of carbonyl (C=O) groups excluding carboxylic acids is 1. The minimum atomic E-state index is -3.69. The average Bonchev–Trinajstić information content (AvgIpc) is 2.83. The van der Waals surface area contributed by atoms with Gasteiger partial charge < -0.3 is 20.3 Å². The molecule has 0 saturated carbocycles. The van der Waals surface area contributed by atoms with Gasteiger partial charge in [-0.05, 0) is 49.4 Å². The van der Waals surface area contributed by atoms with Crippen molar-refractivity contribution in [3.63, 3.8) is 0 Å². The third kappa shape index (κ3) is 5.54. The molecule has 184 valence electrons. The lowest BCUT2D eigenvalue weighted by Gasteiger charge is -2.33. The molecule has 0 spiro atoms. The molecule has 1 aliphatic rings. The third-order valence-corrected chi connectivity index (χ3v) is 6.61. The number of sulfone groups is 1. The van der Waals surface area contributed by atoms with Crippen LogP contribution in [0.25, 0.3) is 22.8 Å². The van der Waals surface area contributed by atoms with Crippen molar-refractivity contribution in [3.8, 4) is 22.8 Å².